The largest absolute Gasteiger partial charge is 0.481 e. The number of carboxylic acid groups (broad SMARTS) is 1. The van der Waals surface area contributed by atoms with Gasteiger partial charge < -0.3 is 20.8 Å². The molecule has 0 aliphatic heterocycles. The molecule has 0 aromatic heterocycles. The van der Waals surface area contributed by atoms with E-state index in [9.17, 15) is 19.5 Å². The number of fused-ring (bicyclic) bond motifs is 7. The number of allylic oxidation sites excluding steroid dienone is 1. The number of carboxylic acids is 1. The monoisotopic (exact) mass is 702 g/mol. The van der Waals surface area contributed by atoms with Gasteiger partial charge in [-0.25, -0.2) is 0 Å². The maximum Gasteiger partial charge on any atom is 0.303 e. The summed E-state index contributed by atoms with van der Waals surface area (Å²) in [6.07, 6.45) is 12.4. The molecule has 10 atom stereocenters. The van der Waals surface area contributed by atoms with Gasteiger partial charge in [0.1, 0.15) is 0 Å². The molecule has 0 spiro atoms. The Labute approximate surface area is 307 Å². The predicted octanol–water partition coefficient (Wildman–Crippen LogP) is 8.35. The summed E-state index contributed by atoms with van der Waals surface area (Å²) in [5, 5.41) is 26.3. The molecule has 0 heterocycles. The van der Waals surface area contributed by atoms with Gasteiger partial charge >= 0.3 is 5.97 Å². The molecular weight excluding hydrogens is 636 g/mol. The van der Waals surface area contributed by atoms with Crippen LogP contribution in [0.15, 0.2) is 36.4 Å². The SMILES string of the molecule is C=C(C)[C@@H]1CC[C@]2(C(=O)NCCc3ccccc3C(=O)NCCCCC(=O)O)CC[C@]3(C)C(CCC4[C@@]5(C)CC[C@H](O)C(C)(C)C5CC[C@]43C)C12. The molecule has 5 saturated carbocycles. The van der Waals surface area contributed by atoms with Gasteiger partial charge in [0.25, 0.3) is 5.91 Å². The number of aliphatic hydroxyl groups excluding tert-OH is 1. The number of aliphatic carboxylic acids is 1. The van der Waals surface area contributed by atoms with Crippen LogP contribution in [0.2, 0.25) is 0 Å². The fourth-order valence-electron chi connectivity index (χ4n) is 13.7. The normalized spacial score (nSPS) is 39.4. The fraction of sp³-hybridized carbons (Fsp3) is 0.750. The minimum atomic E-state index is -0.821. The highest BCUT2D eigenvalue weighted by Crippen LogP contribution is 2.77. The summed E-state index contributed by atoms with van der Waals surface area (Å²) >= 11 is 0. The lowest BCUT2D eigenvalue weighted by molar-refractivity contribution is -0.246. The Morgan fingerprint density at radius 3 is 2.29 bits per heavy atom. The molecule has 7 nitrogen and oxygen atoms in total. The predicted molar refractivity (Wildman–Crippen MR) is 202 cm³/mol. The fourth-order valence-corrected chi connectivity index (χ4v) is 13.7. The molecule has 0 bridgehead atoms. The molecule has 51 heavy (non-hydrogen) atoms. The van der Waals surface area contributed by atoms with Crippen LogP contribution in [0.5, 0.6) is 0 Å². The summed E-state index contributed by atoms with van der Waals surface area (Å²) < 4.78 is 0. The van der Waals surface area contributed by atoms with Crippen molar-refractivity contribution in [3.8, 4) is 0 Å². The molecule has 1 aromatic rings. The Morgan fingerprint density at radius 1 is 0.824 bits per heavy atom. The zero-order chi connectivity index (χ0) is 37.0. The molecule has 5 aliphatic carbocycles. The first-order valence-corrected chi connectivity index (χ1v) is 20.2. The van der Waals surface area contributed by atoms with Crippen LogP contribution in [0.4, 0.5) is 0 Å². The molecule has 6 rings (SSSR count). The molecule has 7 heteroatoms. The van der Waals surface area contributed by atoms with E-state index < -0.39 is 5.97 Å². The summed E-state index contributed by atoms with van der Waals surface area (Å²) in [7, 11) is 0. The number of hydrogen-bond donors (Lipinski definition) is 4. The molecule has 1 aromatic carbocycles. The molecule has 2 amide bonds. The lowest BCUT2D eigenvalue weighted by Gasteiger charge is -2.72. The summed E-state index contributed by atoms with van der Waals surface area (Å²) in [5.41, 5.74) is 2.88. The Morgan fingerprint density at radius 2 is 1.57 bits per heavy atom. The van der Waals surface area contributed by atoms with E-state index in [4.69, 9.17) is 5.11 Å². The highest BCUT2D eigenvalue weighted by molar-refractivity contribution is 5.95. The van der Waals surface area contributed by atoms with Crippen molar-refractivity contribution in [2.45, 2.75) is 138 Å². The summed E-state index contributed by atoms with van der Waals surface area (Å²) in [5.74, 6) is 1.52. The number of carbonyl (C=O) groups excluding carboxylic acids is 2. The lowest BCUT2D eigenvalue weighted by Crippen LogP contribution is -2.67. The van der Waals surface area contributed by atoms with Crippen LogP contribution in [-0.2, 0) is 16.0 Å². The molecule has 4 unspecified atom stereocenters. The van der Waals surface area contributed by atoms with Gasteiger partial charge in [-0.05, 0) is 153 Å². The van der Waals surface area contributed by atoms with Crippen molar-refractivity contribution in [2.24, 2.45) is 56.7 Å². The molecule has 5 fully saturated rings. The number of benzene rings is 1. The van der Waals surface area contributed by atoms with Crippen molar-refractivity contribution in [1.82, 2.24) is 10.6 Å². The van der Waals surface area contributed by atoms with Crippen molar-refractivity contribution in [1.29, 1.82) is 0 Å². The average molecular weight is 703 g/mol. The number of aliphatic hydroxyl groups is 1. The van der Waals surface area contributed by atoms with Gasteiger partial charge in [-0.15, -0.1) is 0 Å². The van der Waals surface area contributed by atoms with Crippen LogP contribution in [0.25, 0.3) is 0 Å². The van der Waals surface area contributed by atoms with Crippen LogP contribution in [-0.4, -0.2) is 47.2 Å². The van der Waals surface area contributed by atoms with Gasteiger partial charge in [0, 0.05) is 25.1 Å². The molecule has 0 saturated heterocycles. The van der Waals surface area contributed by atoms with E-state index >= 15 is 0 Å². The van der Waals surface area contributed by atoms with Gasteiger partial charge in [0.05, 0.1) is 11.5 Å². The number of rotatable bonds is 11. The van der Waals surface area contributed by atoms with E-state index in [1.54, 1.807) is 0 Å². The standard InChI is InChI=1S/C44H66N2O5/c1-28(2)30-17-23-44(39(51)46-27-20-29-12-8-9-13-31(29)38(50)45-26-11-10-14-36(48)49)25-24-42(6)32(37(30)44)15-16-34-41(5)21-19-35(47)40(3,4)33(41)18-22-43(34,42)7/h8-9,12-13,30,32-35,37,47H,1,10-11,14-27H2,2-7H3,(H,45,50)(H,46,51)(H,48,49)/t30-,32?,33?,34?,35-,37?,41-,42+,43+,44-/m0/s1. The minimum Gasteiger partial charge on any atom is -0.481 e. The van der Waals surface area contributed by atoms with E-state index in [1.165, 1.54) is 31.3 Å². The van der Waals surface area contributed by atoms with E-state index in [0.29, 0.717) is 67.5 Å². The van der Waals surface area contributed by atoms with E-state index in [2.05, 4.69) is 58.8 Å². The molecular formula is C44H66N2O5. The van der Waals surface area contributed by atoms with Gasteiger partial charge in [-0.2, -0.15) is 0 Å². The van der Waals surface area contributed by atoms with E-state index in [0.717, 1.165) is 44.1 Å². The smallest absolute Gasteiger partial charge is 0.303 e. The first kappa shape index (κ1) is 38.1. The zero-order valence-electron chi connectivity index (χ0n) is 32.4. The Balaban J connectivity index is 1.18. The Kier molecular flexibility index (Phi) is 10.4. The van der Waals surface area contributed by atoms with Crippen LogP contribution >= 0.6 is 0 Å². The van der Waals surface area contributed by atoms with E-state index in [1.807, 2.05) is 24.3 Å². The zero-order valence-corrected chi connectivity index (χ0v) is 32.4. The number of nitrogens with one attached hydrogen (secondary N) is 2. The summed E-state index contributed by atoms with van der Waals surface area (Å²) in [6, 6.07) is 7.60. The van der Waals surface area contributed by atoms with Gasteiger partial charge in [-0.3, -0.25) is 14.4 Å². The second-order valence-corrected chi connectivity index (χ2v) is 19.0. The van der Waals surface area contributed by atoms with Crippen molar-refractivity contribution in [3.63, 3.8) is 0 Å². The second kappa shape index (κ2) is 14.0. The highest BCUT2D eigenvalue weighted by atomic mass is 16.4. The number of amides is 2. The minimum absolute atomic E-state index is 0.0595. The first-order chi connectivity index (χ1) is 24.0. The van der Waals surface area contributed by atoms with Gasteiger partial charge in [0.2, 0.25) is 5.91 Å². The van der Waals surface area contributed by atoms with Crippen LogP contribution in [0.1, 0.15) is 141 Å². The van der Waals surface area contributed by atoms with Gasteiger partial charge in [-0.1, -0.05) is 65.0 Å². The summed E-state index contributed by atoms with van der Waals surface area (Å²) in [4.78, 5) is 38.5. The maximum atomic E-state index is 14.6. The molecule has 0 radical (unpaired) electrons. The van der Waals surface area contributed by atoms with Crippen molar-refractivity contribution >= 4 is 17.8 Å². The lowest BCUT2D eigenvalue weighted by atomic mass is 9.32. The third kappa shape index (κ3) is 6.19. The van der Waals surface area contributed by atoms with Gasteiger partial charge in [0.15, 0.2) is 0 Å². The topological polar surface area (TPSA) is 116 Å². The highest BCUT2D eigenvalue weighted by Gasteiger charge is 2.71. The van der Waals surface area contributed by atoms with Crippen LogP contribution in [0, 0.1) is 56.7 Å². The number of unbranched alkanes of at least 4 members (excludes halogenated alkanes) is 1. The second-order valence-electron chi connectivity index (χ2n) is 19.0. The molecule has 282 valence electrons. The molecule has 5 aliphatic rings. The van der Waals surface area contributed by atoms with Crippen LogP contribution in [0.3, 0.4) is 0 Å². The number of carbonyl (C=O) groups is 3. The third-order valence-electron chi connectivity index (χ3n) is 16.5. The maximum absolute atomic E-state index is 14.6. The third-order valence-corrected chi connectivity index (χ3v) is 16.5. The average Bonchev–Trinajstić information content (AvgIpc) is 3.48. The quantitative estimate of drug-likeness (QED) is 0.137. The Bertz CT molecular complexity index is 1520. The van der Waals surface area contributed by atoms with Crippen LogP contribution < -0.4 is 10.6 Å². The van der Waals surface area contributed by atoms with Crippen molar-refractivity contribution < 1.29 is 24.6 Å². The van der Waals surface area contributed by atoms with Crippen molar-refractivity contribution in [2.75, 3.05) is 13.1 Å². The first-order valence-electron chi connectivity index (χ1n) is 20.2. The summed E-state index contributed by atoms with van der Waals surface area (Å²) in [6.45, 7) is 20.1. The molecule has 4 N–H and O–H groups in total. The van der Waals surface area contributed by atoms with E-state index in [-0.39, 0.29) is 51.4 Å². The van der Waals surface area contributed by atoms with Crippen molar-refractivity contribution in [3.05, 3.63) is 47.5 Å². The Hall–Kier alpha value is -2.67. The number of hydrogen-bond acceptors (Lipinski definition) is 4.